The van der Waals surface area contributed by atoms with E-state index in [0.717, 1.165) is 0 Å². The number of aryl methyl sites for hydroxylation is 2. The zero-order valence-corrected chi connectivity index (χ0v) is 13.3. The number of hydrogen-bond acceptors (Lipinski definition) is 0. The summed E-state index contributed by atoms with van der Waals surface area (Å²) in [5, 5.41) is 0. The van der Waals surface area contributed by atoms with Crippen LogP contribution in [0.2, 0.25) is 0 Å². The minimum Gasteiger partial charge on any atom is -0.0654 e. The highest BCUT2D eigenvalue weighted by Gasteiger charge is 2.03. The van der Waals surface area contributed by atoms with Gasteiger partial charge >= 0.3 is 0 Å². The monoisotopic (exact) mass is 260 g/mol. The Hall–Kier alpha value is -0.780. The van der Waals surface area contributed by atoms with Crippen molar-refractivity contribution in [2.45, 2.75) is 85.0 Å². The van der Waals surface area contributed by atoms with Crippen LogP contribution in [0.5, 0.6) is 0 Å². The van der Waals surface area contributed by atoms with Crippen LogP contribution < -0.4 is 0 Å². The van der Waals surface area contributed by atoms with Crippen molar-refractivity contribution in [1.29, 1.82) is 0 Å². The van der Waals surface area contributed by atoms with Crippen molar-refractivity contribution in [3.63, 3.8) is 0 Å². The average molecular weight is 260 g/mol. The first-order valence-electron chi connectivity index (χ1n) is 8.37. The predicted molar refractivity (Wildman–Crippen MR) is 86.9 cm³/mol. The summed E-state index contributed by atoms with van der Waals surface area (Å²) < 4.78 is 0. The smallest absolute Gasteiger partial charge is 0.0276 e. The fraction of sp³-hybridized carbons (Fsp3) is 0.684. The largest absolute Gasteiger partial charge is 0.0654 e. The quantitative estimate of drug-likeness (QED) is 0.437. The molecule has 0 amide bonds. The van der Waals surface area contributed by atoms with E-state index in [4.69, 9.17) is 0 Å². The molecule has 0 aliphatic carbocycles. The molecule has 0 bridgehead atoms. The van der Waals surface area contributed by atoms with Gasteiger partial charge in [-0.15, -0.1) is 0 Å². The molecule has 108 valence electrons. The van der Waals surface area contributed by atoms with Crippen LogP contribution in [0.4, 0.5) is 0 Å². The molecule has 0 spiro atoms. The van der Waals surface area contributed by atoms with E-state index in [0.29, 0.717) is 0 Å². The Kier molecular flexibility index (Phi) is 8.62. The topological polar surface area (TPSA) is 0 Å². The second-order valence-corrected chi connectivity index (χ2v) is 5.79. The molecule has 0 atom stereocenters. The van der Waals surface area contributed by atoms with Crippen molar-refractivity contribution in [2.75, 3.05) is 0 Å². The van der Waals surface area contributed by atoms with E-state index in [9.17, 15) is 0 Å². The zero-order chi connectivity index (χ0) is 13.9. The number of unbranched alkanes of at least 4 members (excludes halogenated alkanes) is 7. The van der Waals surface area contributed by atoms with Crippen LogP contribution in [0.3, 0.4) is 0 Å². The van der Waals surface area contributed by atoms with E-state index in [1.54, 1.807) is 11.1 Å². The van der Waals surface area contributed by atoms with Crippen LogP contribution in [0.1, 0.15) is 81.9 Å². The molecule has 0 N–H and O–H groups in total. The first-order valence-corrected chi connectivity index (χ1v) is 8.37. The second kappa shape index (κ2) is 10.1. The molecule has 0 heteroatoms. The van der Waals surface area contributed by atoms with E-state index >= 15 is 0 Å². The van der Waals surface area contributed by atoms with Gasteiger partial charge in [0.05, 0.1) is 0 Å². The summed E-state index contributed by atoms with van der Waals surface area (Å²) in [5.41, 5.74) is 4.65. The van der Waals surface area contributed by atoms with Gasteiger partial charge in [0.15, 0.2) is 0 Å². The highest BCUT2D eigenvalue weighted by atomic mass is 14.1. The summed E-state index contributed by atoms with van der Waals surface area (Å²) in [4.78, 5) is 0. The van der Waals surface area contributed by atoms with Gasteiger partial charge in [-0.3, -0.25) is 0 Å². The van der Waals surface area contributed by atoms with Gasteiger partial charge in [0.1, 0.15) is 0 Å². The van der Waals surface area contributed by atoms with Crippen molar-refractivity contribution >= 4 is 0 Å². The van der Waals surface area contributed by atoms with Crippen LogP contribution in [-0.4, -0.2) is 0 Å². The molecule has 0 saturated heterocycles. The summed E-state index contributed by atoms with van der Waals surface area (Å²) in [6.07, 6.45) is 13.8. The molecule has 1 aromatic carbocycles. The van der Waals surface area contributed by atoms with Crippen molar-refractivity contribution in [1.82, 2.24) is 0 Å². The van der Waals surface area contributed by atoms with E-state index in [1.165, 1.54) is 69.8 Å². The molecule has 0 fully saturated rings. The molecule has 0 aliphatic rings. The lowest BCUT2D eigenvalue weighted by Gasteiger charge is -2.10. The molecule has 0 radical (unpaired) electrons. The Morgan fingerprint density at radius 2 is 1.42 bits per heavy atom. The molecule has 0 saturated carbocycles. The van der Waals surface area contributed by atoms with E-state index < -0.39 is 0 Å². The van der Waals surface area contributed by atoms with Gasteiger partial charge in [0.25, 0.3) is 0 Å². The van der Waals surface area contributed by atoms with E-state index in [1.807, 2.05) is 0 Å². The van der Waals surface area contributed by atoms with Gasteiger partial charge < -0.3 is 0 Å². The Morgan fingerprint density at radius 3 is 2.05 bits per heavy atom. The standard InChI is InChI=1S/C19H32/c1-4-6-7-8-9-10-11-12-15-18-16-13-14-17(3)19(18)5-2/h13-14,16H,4-12,15H2,1-3H3. The van der Waals surface area contributed by atoms with Crippen LogP contribution in [-0.2, 0) is 12.8 Å². The van der Waals surface area contributed by atoms with Crippen molar-refractivity contribution in [3.8, 4) is 0 Å². The molecule has 0 heterocycles. The maximum Gasteiger partial charge on any atom is -0.0276 e. The van der Waals surface area contributed by atoms with Gasteiger partial charge in [-0.1, -0.05) is 77.0 Å². The third kappa shape index (κ3) is 6.27. The fourth-order valence-electron chi connectivity index (χ4n) is 2.95. The number of hydrogen-bond donors (Lipinski definition) is 0. The zero-order valence-electron chi connectivity index (χ0n) is 13.3. The highest BCUT2D eigenvalue weighted by Crippen LogP contribution is 2.18. The summed E-state index contributed by atoms with van der Waals surface area (Å²) in [6, 6.07) is 6.79. The van der Waals surface area contributed by atoms with Crippen LogP contribution >= 0.6 is 0 Å². The third-order valence-electron chi connectivity index (χ3n) is 4.16. The van der Waals surface area contributed by atoms with Crippen LogP contribution in [0.15, 0.2) is 18.2 Å². The first kappa shape index (κ1) is 16.3. The summed E-state index contributed by atoms with van der Waals surface area (Å²) in [5.74, 6) is 0. The maximum absolute atomic E-state index is 2.33. The predicted octanol–water partition coefficient (Wildman–Crippen LogP) is 6.24. The lowest BCUT2D eigenvalue weighted by molar-refractivity contribution is 0.575. The van der Waals surface area contributed by atoms with Crippen molar-refractivity contribution in [3.05, 3.63) is 34.9 Å². The van der Waals surface area contributed by atoms with E-state index in [-0.39, 0.29) is 0 Å². The number of benzene rings is 1. The molecule has 0 unspecified atom stereocenters. The molecule has 1 aromatic rings. The summed E-state index contributed by atoms with van der Waals surface area (Å²) in [7, 11) is 0. The summed E-state index contributed by atoms with van der Waals surface area (Å²) >= 11 is 0. The highest BCUT2D eigenvalue weighted by molar-refractivity contribution is 5.34. The van der Waals surface area contributed by atoms with Gasteiger partial charge in [0, 0.05) is 0 Å². The second-order valence-electron chi connectivity index (χ2n) is 5.79. The molecular formula is C19H32. The minimum atomic E-state index is 1.18. The fourth-order valence-corrected chi connectivity index (χ4v) is 2.95. The molecule has 1 rings (SSSR count). The molecule has 0 aliphatic heterocycles. The van der Waals surface area contributed by atoms with Crippen molar-refractivity contribution in [2.24, 2.45) is 0 Å². The first-order chi connectivity index (χ1) is 9.29. The number of rotatable bonds is 10. The molecule has 0 aromatic heterocycles. The SMILES string of the molecule is CCCCCCCCCCc1cccc(C)c1CC. The molecule has 19 heavy (non-hydrogen) atoms. The molecule has 0 nitrogen and oxygen atoms in total. The van der Waals surface area contributed by atoms with Crippen molar-refractivity contribution < 1.29 is 0 Å². The normalized spacial score (nSPS) is 10.9. The third-order valence-corrected chi connectivity index (χ3v) is 4.16. The maximum atomic E-state index is 2.33. The molecular weight excluding hydrogens is 228 g/mol. The Balaban J connectivity index is 2.17. The van der Waals surface area contributed by atoms with Crippen LogP contribution in [0.25, 0.3) is 0 Å². The lowest BCUT2D eigenvalue weighted by atomic mass is 9.95. The van der Waals surface area contributed by atoms with E-state index in [2.05, 4.69) is 39.0 Å². The average Bonchev–Trinajstić information content (AvgIpc) is 2.42. The van der Waals surface area contributed by atoms with Gasteiger partial charge in [-0.25, -0.2) is 0 Å². The van der Waals surface area contributed by atoms with Gasteiger partial charge in [-0.05, 0) is 42.9 Å². The Labute approximate surface area is 120 Å². The van der Waals surface area contributed by atoms with Gasteiger partial charge in [-0.2, -0.15) is 0 Å². The van der Waals surface area contributed by atoms with Gasteiger partial charge in [0.2, 0.25) is 0 Å². The summed E-state index contributed by atoms with van der Waals surface area (Å²) in [6.45, 7) is 6.81. The Morgan fingerprint density at radius 1 is 0.789 bits per heavy atom. The van der Waals surface area contributed by atoms with Crippen LogP contribution in [0, 0.1) is 6.92 Å². The minimum absolute atomic E-state index is 1.18. The Bertz CT molecular complexity index is 338. The lowest BCUT2D eigenvalue weighted by Crippen LogP contribution is -1.96.